The van der Waals surface area contributed by atoms with Crippen LogP contribution in [0.3, 0.4) is 0 Å². The van der Waals surface area contributed by atoms with Crippen molar-refractivity contribution in [3.63, 3.8) is 0 Å². The van der Waals surface area contributed by atoms with Crippen molar-refractivity contribution in [2.24, 2.45) is 5.92 Å². The van der Waals surface area contributed by atoms with E-state index in [4.69, 9.17) is 4.74 Å². The van der Waals surface area contributed by atoms with Crippen LogP contribution in [0.25, 0.3) is 0 Å². The molecule has 0 saturated carbocycles. The molecule has 0 aliphatic carbocycles. The second-order valence-corrected chi connectivity index (χ2v) is 3.79. The Morgan fingerprint density at radius 1 is 1.46 bits per heavy atom. The fraction of sp³-hybridized carbons (Fsp3) is 0.889. The lowest BCUT2D eigenvalue weighted by molar-refractivity contribution is 0.160. The van der Waals surface area contributed by atoms with Crippen LogP contribution in [0.1, 0.15) is 6.42 Å². The molecule has 4 heteroatoms. The van der Waals surface area contributed by atoms with Crippen molar-refractivity contribution in [2.75, 3.05) is 40.9 Å². The third-order valence-corrected chi connectivity index (χ3v) is 2.27. The number of carbonyl (C=O) groups excluding carboxylic acids is 1. The van der Waals surface area contributed by atoms with Gasteiger partial charge in [-0.2, -0.15) is 0 Å². The number of rotatable bonds is 2. The minimum Gasteiger partial charge on any atom is -0.381 e. The van der Waals surface area contributed by atoms with E-state index < -0.39 is 0 Å². The first kappa shape index (κ1) is 10.3. The number of carbonyl (C=O) groups is 1. The first-order valence-corrected chi connectivity index (χ1v) is 4.61. The zero-order valence-electron chi connectivity index (χ0n) is 8.62. The zero-order chi connectivity index (χ0) is 9.84. The van der Waals surface area contributed by atoms with Crippen LogP contribution in [0.4, 0.5) is 4.79 Å². The molecule has 13 heavy (non-hydrogen) atoms. The molecule has 1 rings (SSSR count). The Balaban J connectivity index is 2.31. The lowest BCUT2D eigenvalue weighted by Crippen LogP contribution is -2.39. The van der Waals surface area contributed by atoms with Gasteiger partial charge in [-0.25, -0.2) is 4.79 Å². The van der Waals surface area contributed by atoms with Crippen molar-refractivity contribution >= 4 is 6.03 Å². The molecule has 1 atom stereocenters. The van der Waals surface area contributed by atoms with E-state index in [1.165, 1.54) is 0 Å². The Morgan fingerprint density at radius 2 is 2.15 bits per heavy atom. The van der Waals surface area contributed by atoms with E-state index in [-0.39, 0.29) is 6.03 Å². The average Bonchev–Trinajstić information content (AvgIpc) is 2.55. The van der Waals surface area contributed by atoms with Crippen LogP contribution in [0, 0.1) is 5.92 Å². The van der Waals surface area contributed by atoms with Gasteiger partial charge in [-0.1, -0.05) is 0 Å². The van der Waals surface area contributed by atoms with Crippen LogP contribution in [0.15, 0.2) is 0 Å². The Hall–Kier alpha value is -0.770. The summed E-state index contributed by atoms with van der Waals surface area (Å²) in [5.74, 6) is 0.522. The summed E-state index contributed by atoms with van der Waals surface area (Å²) < 4.78 is 5.25. The fourth-order valence-electron chi connectivity index (χ4n) is 1.53. The summed E-state index contributed by atoms with van der Waals surface area (Å²) in [5, 5.41) is 0. The number of nitrogens with zero attached hydrogens (tertiary/aromatic N) is 2. The molecule has 0 radical (unpaired) electrons. The van der Waals surface area contributed by atoms with Crippen molar-refractivity contribution in [3.8, 4) is 0 Å². The highest BCUT2D eigenvalue weighted by Crippen LogP contribution is 2.13. The quantitative estimate of drug-likeness (QED) is 0.634. The SMILES string of the molecule is CN(C)C(=O)N(C)CC1CCOC1. The minimum absolute atomic E-state index is 0.0619. The Labute approximate surface area is 79.4 Å². The lowest BCUT2D eigenvalue weighted by Gasteiger charge is -2.23. The molecule has 1 saturated heterocycles. The maximum atomic E-state index is 11.4. The van der Waals surface area contributed by atoms with E-state index >= 15 is 0 Å². The van der Waals surface area contributed by atoms with Gasteiger partial charge in [-0.15, -0.1) is 0 Å². The van der Waals surface area contributed by atoms with E-state index in [9.17, 15) is 4.79 Å². The molecule has 4 nitrogen and oxygen atoms in total. The molecule has 2 amide bonds. The smallest absolute Gasteiger partial charge is 0.319 e. The van der Waals surface area contributed by atoms with Gasteiger partial charge < -0.3 is 14.5 Å². The number of ether oxygens (including phenoxy) is 1. The summed E-state index contributed by atoms with van der Waals surface area (Å²) in [6.07, 6.45) is 1.07. The molecule has 1 unspecified atom stereocenters. The first-order valence-electron chi connectivity index (χ1n) is 4.61. The second-order valence-electron chi connectivity index (χ2n) is 3.79. The number of hydrogen-bond donors (Lipinski definition) is 0. The minimum atomic E-state index is 0.0619. The maximum absolute atomic E-state index is 11.4. The van der Waals surface area contributed by atoms with E-state index in [1.807, 2.05) is 7.05 Å². The van der Waals surface area contributed by atoms with Crippen LogP contribution < -0.4 is 0 Å². The monoisotopic (exact) mass is 186 g/mol. The standard InChI is InChI=1S/C9H18N2O2/c1-10(2)9(12)11(3)6-8-4-5-13-7-8/h8H,4-7H2,1-3H3. The molecular weight excluding hydrogens is 168 g/mol. The molecule has 1 heterocycles. The largest absolute Gasteiger partial charge is 0.381 e. The molecule has 0 aromatic carbocycles. The van der Waals surface area contributed by atoms with Crippen LogP contribution >= 0.6 is 0 Å². The number of amides is 2. The molecule has 76 valence electrons. The topological polar surface area (TPSA) is 32.8 Å². The highest BCUT2D eigenvalue weighted by molar-refractivity contribution is 5.73. The van der Waals surface area contributed by atoms with Gasteiger partial charge in [0.05, 0.1) is 6.61 Å². The predicted molar refractivity (Wildman–Crippen MR) is 50.6 cm³/mol. The van der Waals surface area contributed by atoms with Gasteiger partial charge >= 0.3 is 6.03 Å². The molecule has 0 N–H and O–H groups in total. The summed E-state index contributed by atoms with van der Waals surface area (Å²) in [5.41, 5.74) is 0. The Bertz CT molecular complexity index is 176. The predicted octanol–water partition coefficient (Wildman–Crippen LogP) is 0.636. The molecule has 1 fully saturated rings. The van der Waals surface area contributed by atoms with Crippen LogP contribution in [-0.4, -0.2) is 56.7 Å². The summed E-state index contributed by atoms with van der Waals surface area (Å²) in [7, 11) is 5.37. The molecular formula is C9H18N2O2. The van der Waals surface area contributed by atoms with E-state index in [0.717, 1.165) is 26.2 Å². The van der Waals surface area contributed by atoms with Crippen LogP contribution in [0.2, 0.25) is 0 Å². The van der Waals surface area contributed by atoms with Gasteiger partial charge in [0.1, 0.15) is 0 Å². The van der Waals surface area contributed by atoms with Crippen molar-refractivity contribution in [1.29, 1.82) is 0 Å². The number of hydrogen-bond acceptors (Lipinski definition) is 2. The summed E-state index contributed by atoms with van der Waals surface area (Å²) in [6, 6.07) is 0.0619. The second kappa shape index (κ2) is 4.46. The van der Waals surface area contributed by atoms with Crippen molar-refractivity contribution in [1.82, 2.24) is 9.80 Å². The zero-order valence-corrected chi connectivity index (χ0v) is 8.62. The van der Waals surface area contributed by atoms with Crippen LogP contribution in [0.5, 0.6) is 0 Å². The van der Waals surface area contributed by atoms with Crippen molar-refractivity contribution in [2.45, 2.75) is 6.42 Å². The van der Waals surface area contributed by atoms with Gasteiger partial charge in [-0.3, -0.25) is 0 Å². The molecule has 0 bridgehead atoms. The Kier molecular flexibility index (Phi) is 3.54. The number of urea groups is 1. The lowest BCUT2D eigenvalue weighted by atomic mass is 10.1. The molecule has 1 aliphatic heterocycles. The van der Waals surface area contributed by atoms with Gasteiger partial charge in [0, 0.05) is 40.2 Å². The first-order chi connectivity index (χ1) is 6.11. The van der Waals surface area contributed by atoms with Gasteiger partial charge in [0.15, 0.2) is 0 Å². The highest BCUT2D eigenvalue weighted by atomic mass is 16.5. The molecule has 0 aromatic rings. The van der Waals surface area contributed by atoms with Crippen molar-refractivity contribution < 1.29 is 9.53 Å². The van der Waals surface area contributed by atoms with Crippen molar-refractivity contribution in [3.05, 3.63) is 0 Å². The summed E-state index contributed by atoms with van der Waals surface area (Å²) in [4.78, 5) is 14.8. The fourth-order valence-corrected chi connectivity index (χ4v) is 1.53. The average molecular weight is 186 g/mol. The van der Waals surface area contributed by atoms with Gasteiger partial charge in [0.25, 0.3) is 0 Å². The Morgan fingerprint density at radius 3 is 2.62 bits per heavy atom. The highest BCUT2D eigenvalue weighted by Gasteiger charge is 2.20. The molecule has 0 aromatic heterocycles. The van der Waals surface area contributed by atoms with E-state index in [1.54, 1.807) is 23.9 Å². The van der Waals surface area contributed by atoms with Crippen LogP contribution in [-0.2, 0) is 4.74 Å². The summed E-state index contributed by atoms with van der Waals surface area (Å²) >= 11 is 0. The maximum Gasteiger partial charge on any atom is 0.319 e. The van der Waals surface area contributed by atoms with E-state index in [0.29, 0.717) is 5.92 Å². The third kappa shape index (κ3) is 2.88. The normalized spacial score (nSPS) is 21.6. The third-order valence-electron chi connectivity index (χ3n) is 2.27. The summed E-state index contributed by atoms with van der Waals surface area (Å²) in [6.45, 7) is 2.44. The molecule has 1 aliphatic rings. The van der Waals surface area contributed by atoms with Gasteiger partial charge in [0.2, 0.25) is 0 Å². The molecule has 0 spiro atoms. The van der Waals surface area contributed by atoms with E-state index in [2.05, 4.69) is 0 Å². The van der Waals surface area contributed by atoms with Gasteiger partial charge in [-0.05, 0) is 6.42 Å².